The van der Waals surface area contributed by atoms with E-state index in [0.717, 1.165) is 11.4 Å². The van der Waals surface area contributed by atoms with Crippen LogP contribution in [0.4, 0.5) is 11.4 Å². The van der Waals surface area contributed by atoms with Gasteiger partial charge in [0, 0.05) is 38.3 Å². The molecule has 0 spiro atoms. The second kappa shape index (κ2) is 6.95. The van der Waals surface area contributed by atoms with Crippen LogP contribution in [0, 0.1) is 0 Å². The molecule has 20 heavy (non-hydrogen) atoms. The summed E-state index contributed by atoms with van der Waals surface area (Å²) in [6, 6.07) is 5.52. The molecule has 1 aromatic carbocycles. The van der Waals surface area contributed by atoms with Gasteiger partial charge in [-0.25, -0.2) is 0 Å². The second-order valence-electron chi connectivity index (χ2n) is 6.04. The van der Waals surface area contributed by atoms with E-state index in [1.807, 2.05) is 31.1 Å². The van der Waals surface area contributed by atoms with Crippen molar-refractivity contribution in [3.63, 3.8) is 0 Å². The fourth-order valence-electron chi connectivity index (χ4n) is 1.72. The van der Waals surface area contributed by atoms with E-state index >= 15 is 0 Å². The third kappa shape index (κ3) is 5.80. The van der Waals surface area contributed by atoms with Gasteiger partial charge in [-0.3, -0.25) is 4.79 Å². The van der Waals surface area contributed by atoms with Gasteiger partial charge in [-0.05, 0) is 39.0 Å². The Labute approximate surface area is 126 Å². The summed E-state index contributed by atoms with van der Waals surface area (Å²) in [6.07, 6.45) is 0.435. The summed E-state index contributed by atoms with van der Waals surface area (Å²) >= 11 is 6.17. The minimum absolute atomic E-state index is 0.0181. The Kier molecular flexibility index (Phi) is 5.84. The average molecular weight is 298 g/mol. The Hall–Kier alpha value is -1.26. The Balaban J connectivity index is 2.52. The van der Waals surface area contributed by atoms with Gasteiger partial charge < -0.3 is 15.5 Å². The van der Waals surface area contributed by atoms with Crippen molar-refractivity contribution in [1.29, 1.82) is 0 Å². The van der Waals surface area contributed by atoms with E-state index < -0.39 is 0 Å². The van der Waals surface area contributed by atoms with Crippen molar-refractivity contribution < 1.29 is 4.79 Å². The zero-order valence-corrected chi connectivity index (χ0v) is 13.6. The first-order valence-corrected chi connectivity index (χ1v) is 7.08. The number of hydrogen-bond donors (Lipinski definition) is 2. The number of amides is 1. The maximum Gasteiger partial charge on any atom is 0.225 e. The Morgan fingerprint density at radius 2 is 1.95 bits per heavy atom. The van der Waals surface area contributed by atoms with Crippen LogP contribution in [0.2, 0.25) is 5.02 Å². The summed E-state index contributed by atoms with van der Waals surface area (Å²) in [5.74, 6) is -0.0181. The Morgan fingerprint density at radius 1 is 1.30 bits per heavy atom. The normalized spacial score (nSPS) is 11.3. The lowest BCUT2D eigenvalue weighted by molar-refractivity contribution is -0.116. The van der Waals surface area contributed by atoms with Gasteiger partial charge in [-0.1, -0.05) is 11.6 Å². The highest BCUT2D eigenvalue weighted by atomic mass is 35.5. The lowest BCUT2D eigenvalue weighted by atomic mass is 10.1. The quantitative estimate of drug-likeness (QED) is 0.877. The molecule has 1 aromatic rings. The van der Waals surface area contributed by atoms with Gasteiger partial charge in [0.1, 0.15) is 0 Å². The van der Waals surface area contributed by atoms with Crippen molar-refractivity contribution in [3.05, 3.63) is 23.2 Å². The zero-order chi connectivity index (χ0) is 15.3. The molecule has 0 aliphatic heterocycles. The number of hydrogen-bond acceptors (Lipinski definition) is 3. The van der Waals surface area contributed by atoms with E-state index in [-0.39, 0.29) is 11.4 Å². The summed E-state index contributed by atoms with van der Waals surface area (Å²) in [7, 11) is 3.86. The molecule has 0 unspecified atom stereocenters. The van der Waals surface area contributed by atoms with E-state index in [4.69, 9.17) is 11.6 Å². The van der Waals surface area contributed by atoms with Crippen LogP contribution in [0.1, 0.15) is 27.2 Å². The minimum Gasteiger partial charge on any atom is -0.376 e. The zero-order valence-electron chi connectivity index (χ0n) is 12.9. The third-order valence-corrected chi connectivity index (χ3v) is 3.02. The van der Waals surface area contributed by atoms with E-state index in [1.165, 1.54) is 0 Å². The van der Waals surface area contributed by atoms with Gasteiger partial charge in [0.2, 0.25) is 5.91 Å². The average Bonchev–Trinajstić information content (AvgIpc) is 2.26. The molecule has 0 bridgehead atoms. The van der Waals surface area contributed by atoms with E-state index in [1.54, 1.807) is 6.07 Å². The van der Waals surface area contributed by atoms with Crippen molar-refractivity contribution in [2.75, 3.05) is 30.9 Å². The van der Waals surface area contributed by atoms with Crippen LogP contribution in [0.3, 0.4) is 0 Å². The Morgan fingerprint density at radius 3 is 2.45 bits per heavy atom. The molecule has 0 atom stereocenters. The van der Waals surface area contributed by atoms with Gasteiger partial charge in [-0.2, -0.15) is 0 Å². The molecule has 0 aliphatic carbocycles. The van der Waals surface area contributed by atoms with Crippen LogP contribution in [0.5, 0.6) is 0 Å². The predicted molar refractivity (Wildman–Crippen MR) is 86.8 cm³/mol. The maximum absolute atomic E-state index is 11.8. The molecule has 0 heterocycles. The van der Waals surface area contributed by atoms with Crippen molar-refractivity contribution in [1.82, 2.24) is 5.32 Å². The first-order valence-electron chi connectivity index (χ1n) is 6.71. The number of benzene rings is 1. The first-order chi connectivity index (χ1) is 9.19. The molecule has 1 amide bonds. The number of carbonyl (C=O) groups is 1. The standard InChI is InChI=1S/C15H24ClN3O/c1-15(2,3)17-9-8-14(20)18-11-6-7-13(19(4)5)12(16)10-11/h6-7,10,17H,8-9H2,1-5H3,(H,18,20). The van der Waals surface area contributed by atoms with Crippen LogP contribution in [0.25, 0.3) is 0 Å². The van der Waals surface area contributed by atoms with E-state index in [2.05, 4.69) is 31.4 Å². The molecular weight excluding hydrogens is 274 g/mol. The summed E-state index contributed by atoms with van der Waals surface area (Å²) < 4.78 is 0. The number of carbonyl (C=O) groups excluding carboxylic acids is 1. The van der Waals surface area contributed by atoms with Crippen molar-refractivity contribution in [2.45, 2.75) is 32.7 Å². The molecule has 0 aliphatic rings. The smallest absolute Gasteiger partial charge is 0.225 e. The summed E-state index contributed by atoms with van der Waals surface area (Å²) in [4.78, 5) is 13.8. The molecule has 112 valence electrons. The lowest BCUT2D eigenvalue weighted by Gasteiger charge is -2.20. The summed E-state index contributed by atoms with van der Waals surface area (Å²) in [5.41, 5.74) is 1.68. The molecule has 0 saturated heterocycles. The Bertz CT molecular complexity index is 467. The highest BCUT2D eigenvalue weighted by Crippen LogP contribution is 2.27. The van der Waals surface area contributed by atoms with Gasteiger partial charge in [0.05, 0.1) is 10.7 Å². The van der Waals surface area contributed by atoms with Gasteiger partial charge in [-0.15, -0.1) is 0 Å². The highest BCUT2D eigenvalue weighted by Gasteiger charge is 2.10. The molecule has 0 saturated carbocycles. The number of halogens is 1. The van der Waals surface area contributed by atoms with E-state index in [9.17, 15) is 4.79 Å². The predicted octanol–water partition coefficient (Wildman–Crippen LogP) is 3.12. The number of nitrogens with zero attached hydrogens (tertiary/aromatic N) is 1. The molecule has 5 heteroatoms. The number of anilines is 2. The molecule has 0 aromatic heterocycles. The third-order valence-electron chi connectivity index (χ3n) is 2.72. The lowest BCUT2D eigenvalue weighted by Crippen LogP contribution is -2.37. The molecule has 0 fully saturated rings. The van der Waals surface area contributed by atoms with Gasteiger partial charge in [0.15, 0.2) is 0 Å². The molecule has 0 radical (unpaired) electrons. The van der Waals surface area contributed by atoms with Crippen molar-refractivity contribution in [3.8, 4) is 0 Å². The minimum atomic E-state index is -0.0181. The first kappa shape index (κ1) is 16.8. The highest BCUT2D eigenvalue weighted by molar-refractivity contribution is 6.33. The molecular formula is C15H24ClN3O. The number of nitrogens with one attached hydrogen (secondary N) is 2. The van der Waals surface area contributed by atoms with Gasteiger partial charge in [0.25, 0.3) is 0 Å². The fraction of sp³-hybridized carbons (Fsp3) is 0.533. The molecule has 1 rings (SSSR count). The van der Waals surface area contributed by atoms with Crippen LogP contribution in [-0.2, 0) is 4.79 Å². The van der Waals surface area contributed by atoms with Gasteiger partial charge >= 0.3 is 0 Å². The van der Waals surface area contributed by atoms with Crippen molar-refractivity contribution >= 4 is 28.9 Å². The summed E-state index contributed by atoms with van der Waals surface area (Å²) in [5, 5.41) is 6.76. The van der Waals surface area contributed by atoms with Crippen LogP contribution >= 0.6 is 11.6 Å². The molecule has 4 nitrogen and oxygen atoms in total. The SMILES string of the molecule is CN(C)c1ccc(NC(=O)CCNC(C)(C)C)cc1Cl. The second-order valence-corrected chi connectivity index (χ2v) is 6.44. The van der Waals surface area contributed by atoms with Crippen LogP contribution < -0.4 is 15.5 Å². The largest absolute Gasteiger partial charge is 0.376 e. The molecule has 2 N–H and O–H groups in total. The van der Waals surface area contributed by atoms with Crippen LogP contribution in [0.15, 0.2) is 18.2 Å². The fourth-order valence-corrected chi connectivity index (χ4v) is 2.07. The maximum atomic E-state index is 11.8. The van der Waals surface area contributed by atoms with Crippen LogP contribution in [-0.4, -0.2) is 32.1 Å². The van der Waals surface area contributed by atoms with E-state index in [0.29, 0.717) is 18.0 Å². The summed E-state index contributed by atoms with van der Waals surface area (Å²) in [6.45, 7) is 6.87. The topological polar surface area (TPSA) is 44.4 Å². The number of rotatable bonds is 5. The monoisotopic (exact) mass is 297 g/mol. The van der Waals surface area contributed by atoms with Crippen molar-refractivity contribution in [2.24, 2.45) is 0 Å².